The average molecular weight is 332 g/mol. The molecule has 0 spiro atoms. The van der Waals surface area contributed by atoms with Crippen molar-refractivity contribution in [1.82, 2.24) is 10.2 Å². The molecule has 1 atom stereocenters. The van der Waals surface area contributed by atoms with Gasteiger partial charge in [0.15, 0.2) is 5.60 Å². The van der Waals surface area contributed by atoms with Crippen molar-refractivity contribution in [3.05, 3.63) is 22.3 Å². The van der Waals surface area contributed by atoms with Crippen LogP contribution in [0.4, 0.5) is 0 Å². The Morgan fingerprint density at radius 3 is 2.62 bits per heavy atom. The number of carbonyl (C=O) groups is 2. The molecular weight excluding hydrogens is 308 g/mol. The van der Waals surface area contributed by atoms with Crippen molar-refractivity contribution in [3.63, 3.8) is 0 Å². The van der Waals surface area contributed by atoms with E-state index in [0.717, 1.165) is 22.3 Å². The van der Waals surface area contributed by atoms with E-state index in [2.05, 4.69) is 5.32 Å². The van der Waals surface area contributed by atoms with Crippen molar-refractivity contribution >= 4 is 11.8 Å². The third kappa shape index (κ3) is 2.50. The van der Waals surface area contributed by atoms with Gasteiger partial charge in [0, 0.05) is 25.1 Å². The smallest absolute Gasteiger partial charge is 0.267 e. The maximum absolute atomic E-state index is 12.9. The van der Waals surface area contributed by atoms with Crippen LogP contribution in [0.15, 0.2) is 0 Å². The van der Waals surface area contributed by atoms with E-state index in [1.165, 1.54) is 0 Å². The van der Waals surface area contributed by atoms with Gasteiger partial charge in [-0.25, -0.2) is 0 Å². The molecule has 0 aromatic heterocycles. The number of phenolic OH excluding ortho intramolecular Hbond substituents is 1. The number of amides is 2. The quantitative estimate of drug-likeness (QED) is 0.814. The Kier molecular flexibility index (Phi) is 3.94. The predicted octanol–water partition coefficient (Wildman–Crippen LogP) is 1.36. The summed E-state index contributed by atoms with van der Waals surface area (Å²) in [5.41, 5.74) is 2.45. The Morgan fingerprint density at radius 2 is 1.96 bits per heavy atom. The highest BCUT2D eigenvalue weighted by Gasteiger charge is 2.43. The second kappa shape index (κ2) is 5.69. The van der Waals surface area contributed by atoms with Gasteiger partial charge in [0.1, 0.15) is 11.5 Å². The maximum Gasteiger partial charge on any atom is 0.267 e. The number of ether oxygens (including phenoxy) is 1. The molecular formula is C18H24N2O4. The van der Waals surface area contributed by atoms with Crippen LogP contribution in [0, 0.1) is 20.8 Å². The number of piperazine rings is 1. The lowest BCUT2D eigenvalue weighted by atomic mass is 9.86. The van der Waals surface area contributed by atoms with Crippen molar-refractivity contribution < 1.29 is 19.4 Å². The van der Waals surface area contributed by atoms with Crippen LogP contribution in [0.3, 0.4) is 0 Å². The first kappa shape index (κ1) is 16.6. The van der Waals surface area contributed by atoms with Gasteiger partial charge in [0.2, 0.25) is 5.91 Å². The van der Waals surface area contributed by atoms with Crippen LogP contribution < -0.4 is 10.1 Å². The Labute approximate surface area is 141 Å². The van der Waals surface area contributed by atoms with Crippen molar-refractivity contribution in [1.29, 1.82) is 0 Å². The Bertz CT molecular complexity index is 728. The Balaban J connectivity index is 1.93. The molecule has 6 heteroatoms. The van der Waals surface area contributed by atoms with Gasteiger partial charge < -0.3 is 20.1 Å². The number of hydrogen-bond donors (Lipinski definition) is 2. The fraction of sp³-hybridized carbons (Fsp3) is 0.556. The number of phenols is 1. The van der Waals surface area contributed by atoms with E-state index in [9.17, 15) is 14.7 Å². The van der Waals surface area contributed by atoms with Gasteiger partial charge in [-0.2, -0.15) is 0 Å². The molecule has 0 aliphatic carbocycles. The van der Waals surface area contributed by atoms with Crippen molar-refractivity contribution in [3.8, 4) is 11.5 Å². The summed E-state index contributed by atoms with van der Waals surface area (Å²) >= 11 is 0. The first-order valence-corrected chi connectivity index (χ1v) is 8.31. The number of rotatable bonds is 1. The lowest BCUT2D eigenvalue weighted by Crippen LogP contribution is -2.58. The van der Waals surface area contributed by atoms with Crippen LogP contribution in [-0.2, 0) is 16.0 Å². The Morgan fingerprint density at radius 1 is 1.25 bits per heavy atom. The van der Waals surface area contributed by atoms with Gasteiger partial charge in [-0.05, 0) is 50.8 Å². The summed E-state index contributed by atoms with van der Waals surface area (Å²) < 4.78 is 6.18. The Hall–Kier alpha value is -2.24. The first-order chi connectivity index (χ1) is 11.2. The molecule has 130 valence electrons. The number of benzene rings is 1. The van der Waals surface area contributed by atoms with Gasteiger partial charge in [-0.15, -0.1) is 0 Å². The molecule has 6 nitrogen and oxygen atoms in total. The molecule has 0 bridgehead atoms. The van der Waals surface area contributed by atoms with Crippen LogP contribution in [0.1, 0.15) is 35.6 Å². The SMILES string of the molecule is Cc1c(C)c2c(c(C)c1O)CC[C@](C)(C(=O)N1CCNC(=O)C1)O2. The minimum Gasteiger partial charge on any atom is -0.507 e. The van der Waals surface area contributed by atoms with Crippen LogP contribution in [0.25, 0.3) is 0 Å². The molecule has 2 heterocycles. The third-order valence-electron chi connectivity index (χ3n) is 5.30. The summed E-state index contributed by atoms with van der Waals surface area (Å²) in [7, 11) is 0. The van der Waals surface area contributed by atoms with Crippen molar-refractivity contribution in [2.24, 2.45) is 0 Å². The molecule has 1 aromatic carbocycles. The number of nitrogens with one attached hydrogen (secondary N) is 1. The van der Waals surface area contributed by atoms with E-state index in [-0.39, 0.29) is 18.4 Å². The lowest BCUT2D eigenvalue weighted by molar-refractivity contribution is -0.152. The van der Waals surface area contributed by atoms with E-state index in [0.29, 0.717) is 37.4 Å². The zero-order valence-electron chi connectivity index (χ0n) is 14.7. The maximum atomic E-state index is 12.9. The van der Waals surface area contributed by atoms with E-state index >= 15 is 0 Å². The van der Waals surface area contributed by atoms with Gasteiger partial charge >= 0.3 is 0 Å². The summed E-state index contributed by atoms with van der Waals surface area (Å²) in [6, 6.07) is 0. The second-order valence-electron chi connectivity index (χ2n) is 6.94. The second-order valence-corrected chi connectivity index (χ2v) is 6.94. The molecule has 1 saturated heterocycles. The van der Waals surface area contributed by atoms with Gasteiger partial charge in [0.25, 0.3) is 5.91 Å². The standard InChI is InChI=1S/C18H24N2O4/c1-10-11(2)16-13(12(3)15(10)22)5-6-18(4,24-16)17(23)20-8-7-19-14(21)9-20/h22H,5-9H2,1-4H3,(H,19,21)/t18-/m1/s1. The third-order valence-corrected chi connectivity index (χ3v) is 5.30. The zero-order chi connectivity index (χ0) is 17.6. The van der Waals surface area contributed by atoms with Gasteiger partial charge in [0.05, 0.1) is 6.54 Å². The summed E-state index contributed by atoms with van der Waals surface area (Å²) in [5.74, 6) is 0.719. The van der Waals surface area contributed by atoms with E-state index < -0.39 is 5.60 Å². The number of carbonyl (C=O) groups excluding carboxylic acids is 2. The van der Waals surface area contributed by atoms with Crippen LogP contribution >= 0.6 is 0 Å². The molecule has 3 rings (SSSR count). The summed E-state index contributed by atoms with van der Waals surface area (Å²) in [6.45, 7) is 8.48. The lowest BCUT2D eigenvalue weighted by Gasteiger charge is -2.40. The highest BCUT2D eigenvalue weighted by molar-refractivity contribution is 5.90. The molecule has 2 amide bonds. The molecule has 24 heavy (non-hydrogen) atoms. The first-order valence-electron chi connectivity index (χ1n) is 8.31. The number of hydrogen-bond acceptors (Lipinski definition) is 4. The molecule has 2 N–H and O–H groups in total. The highest BCUT2D eigenvalue weighted by atomic mass is 16.5. The summed E-state index contributed by atoms with van der Waals surface area (Å²) in [4.78, 5) is 26.1. The van der Waals surface area contributed by atoms with Crippen LogP contribution in [0.5, 0.6) is 11.5 Å². The van der Waals surface area contributed by atoms with E-state index in [4.69, 9.17) is 4.74 Å². The minimum absolute atomic E-state index is 0.0806. The molecule has 0 unspecified atom stereocenters. The zero-order valence-corrected chi connectivity index (χ0v) is 14.7. The van der Waals surface area contributed by atoms with Crippen molar-refractivity contribution in [2.45, 2.75) is 46.1 Å². The fourth-order valence-electron chi connectivity index (χ4n) is 3.54. The number of aromatic hydroxyl groups is 1. The molecule has 2 aliphatic heterocycles. The molecule has 1 aromatic rings. The molecule has 0 saturated carbocycles. The van der Waals surface area contributed by atoms with Gasteiger partial charge in [-0.1, -0.05) is 0 Å². The topological polar surface area (TPSA) is 78.9 Å². The normalized spacial score (nSPS) is 23.3. The van der Waals surface area contributed by atoms with Crippen LogP contribution in [0.2, 0.25) is 0 Å². The average Bonchev–Trinajstić information content (AvgIpc) is 2.57. The largest absolute Gasteiger partial charge is 0.507 e. The van der Waals surface area contributed by atoms with Crippen LogP contribution in [-0.4, -0.2) is 47.1 Å². The van der Waals surface area contributed by atoms with E-state index in [1.54, 1.807) is 11.8 Å². The van der Waals surface area contributed by atoms with Gasteiger partial charge in [-0.3, -0.25) is 9.59 Å². The number of nitrogens with zero attached hydrogens (tertiary/aromatic N) is 1. The summed E-state index contributed by atoms with van der Waals surface area (Å²) in [5, 5.41) is 13.0. The monoisotopic (exact) mass is 332 g/mol. The molecule has 0 radical (unpaired) electrons. The minimum atomic E-state index is -0.981. The molecule has 2 aliphatic rings. The number of fused-ring (bicyclic) bond motifs is 1. The molecule has 1 fully saturated rings. The van der Waals surface area contributed by atoms with E-state index in [1.807, 2.05) is 20.8 Å². The highest BCUT2D eigenvalue weighted by Crippen LogP contribution is 2.43. The summed E-state index contributed by atoms with van der Waals surface area (Å²) in [6.07, 6.45) is 1.19. The fourth-order valence-corrected chi connectivity index (χ4v) is 3.54. The predicted molar refractivity (Wildman–Crippen MR) is 89.3 cm³/mol. The van der Waals surface area contributed by atoms with Crippen molar-refractivity contribution in [2.75, 3.05) is 19.6 Å².